The molecule has 94 valence electrons. The van der Waals surface area contributed by atoms with E-state index in [0.29, 0.717) is 22.9 Å². The van der Waals surface area contributed by atoms with E-state index in [0.717, 1.165) is 6.42 Å². The molecule has 0 aromatic heterocycles. The van der Waals surface area contributed by atoms with E-state index in [4.69, 9.17) is 16.3 Å². The molecule has 0 aliphatic carbocycles. The molecular formula is C13H18ClNO2. The first kappa shape index (κ1) is 14.0. The van der Waals surface area contributed by atoms with Gasteiger partial charge in [-0.3, -0.25) is 4.79 Å². The summed E-state index contributed by atoms with van der Waals surface area (Å²) in [4.78, 5) is 12.2. The lowest BCUT2D eigenvalue weighted by Gasteiger charge is -2.13. The number of hydrogen-bond donors (Lipinski definition) is 1. The maximum absolute atomic E-state index is 12.2. The van der Waals surface area contributed by atoms with Gasteiger partial charge in [-0.05, 0) is 31.7 Å². The maximum Gasteiger partial charge on any atom is 0.167 e. The Bertz CT molecular complexity index is 393. The summed E-state index contributed by atoms with van der Waals surface area (Å²) in [5.74, 6) is 0.695. The van der Waals surface area contributed by atoms with Gasteiger partial charge >= 0.3 is 0 Å². The first-order chi connectivity index (χ1) is 8.13. The molecule has 1 rings (SSSR count). The van der Waals surface area contributed by atoms with E-state index in [2.05, 4.69) is 5.32 Å². The van der Waals surface area contributed by atoms with Crippen LogP contribution in [0, 0.1) is 5.92 Å². The van der Waals surface area contributed by atoms with Gasteiger partial charge in [-0.1, -0.05) is 18.5 Å². The number of ketones is 1. The molecule has 0 heterocycles. The van der Waals surface area contributed by atoms with Crippen LogP contribution in [0.15, 0.2) is 18.2 Å². The highest BCUT2D eigenvalue weighted by Gasteiger charge is 2.18. The van der Waals surface area contributed by atoms with E-state index >= 15 is 0 Å². The average molecular weight is 256 g/mol. The van der Waals surface area contributed by atoms with E-state index in [1.807, 2.05) is 14.0 Å². The summed E-state index contributed by atoms with van der Waals surface area (Å²) in [5, 5.41) is 3.50. The summed E-state index contributed by atoms with van der Waals surface area (Å²) >= 11 is 6.01. The highest BCUT2D eigenvalue weighted by molar-refractivity contribution is 6.32. The Morgan fingerprint density at radius 1 is 1.53 bits per heavy atom. The van der Waals surface area contributed by atoms with Crippen LogP contribution in [0.1, 0.15) is 23.7 Å². The Morgan fingerprint density at radius 2 is 2.24 bits per heavy atom. The molecule has 0 bridgehead atoms. The Kier molecular flexibility index (Phi) is 5.45. The first-order valence-electron chi connectivity index (χ1n) is 5.66. The molecule has 1 aromatic carbocycles. The van der Waals surface area contributed by atoms with E-state index in [1.165, 1.54) is 0 Å². The van der Waals surface area contributed by atoms with Crippen LogP contribution >= 0.6 is 11.6 Å². The summed E-state index contributed by atoms with van der Waals surface area (Å²) in [7, 11) is 3.40. The molecule has 0 amide bonds. The minimum atomic E-state index is -0.00976. The number of rotatable bonds is 6. The SMILES string of the molecule is CCC(CNC)C(=O)c1ccc(OC)c(Cl)c1. The van der Waals surface area contributed by atoms with Crippen molar-refractivity contribution in [2.45, 2.75) is 13.3 Å². The zero-order chi connectivity index (χ0) is 12.8. The van der Waals surface area contributed by atoms with E-state index in [-0.39, 0.29) is 11.7 Å². The van der Waals surface area contributed by atoms with Crippen LogP contribution in [0.5, 0.6) is 5.75 Å². The molecule has 17 heavy (non-hydrogen) atoms. The highest BCUT2D eigenvalue weighted by atomic mass is 35.5. The molecule has 0 radical (unpaired) electrons. The number of hydrogen-bond acceptors (Lipinski definition) is 3. The quantitative estimate of drug-likeness (QED) is 0.795. The van der Waals surface area contributed by atoms with Crippen molar-refractivity contribution in [2.75, 3.05) is 20.7 Å². The van der Waals surface area contributed by atoms with Gasteiger partial charge in [0.05, 0.1) is 12.1 Å². The largest absolute Gasteiger partial charge is 0.495 e. The Balaban J connectivity index is 2.92. The third-order valence-corrected chi connectivity index (χ3v) is 3.05. The number of carbonyl (C=O) groups excluding carboxylic acids is 1. The molecule has 1 N–H and O–H groups in total. The molecule has 1 unspecified atom stereocenters. The van der Waals surface area contributed by atoms with Crippen LogP contribution in [0.2, 0.25) is 5.02 Å². The molecule has 4 heteroatoms. The lowest BCUT2D eigenvalue weighted by atomic mass is 9.95. The number of Topliss-reactive ketones (excluding diaryl/α,β-unsaturated/α-hetero) is 1. The second kappa shape index (κ2) is 6.62. The summed E-state index contributed by atoms with van der Waals surface area (Å²) in [6, 6.07) is 5.15. The monoisotopic (exact) mass is 255 g/mol. The molecule has 0 fully saturated rings. The van der Waals surface area contributed by atoms with Crippen LogP contribution in [0.25, 0.3) is 0 Å². The highest BCUT2D eigenvalue weighted by Crippen LogP contribution is 2.26. The lowest BCUT2D eigenvalue weighted by Crippen LogP contribution is -2.25. The van der Waals surface area contributed by atoms with Crippen LogP contribution in [0.3, 0.4) is 0 Å². The fraction of sp³-hybridized carbons (Fsp3) is 0.462. The van der Waals surface area contributed by atoms with Gasteiger partial charge < -0.3 is 10.1 Å². The van der Waals surface area contributed by atoms with Crippen molar-refractivity contribution in [1.29, 1.82) is 0 Å². The fourth-order valence-corrected chi connectivity index (χ4v) is 1.98. The molecule has 0 saturated heterocycles. The summed E-state index contributed by atoms with van der Waals surface area (Å²) in [6.45, 7) is 2.68. The van der Waals surface area contributed by atoms with Crippen molar-refractivity contribution in [3.8, 4) is 5.75 Å². The van der Waals surface area contributed by atoms with Gasteiger partial charge in [0.25, 0.3) is 0 Å². The van der Waals surface area contributed by atoms with E-state index in [9.17, 15) is 4.79 Å². The predicted molar refractivity (Wildman–Crippen MR) is 70.0 cm³/mol. The number of methoxy groups -OCH3 is 1. The van der Waals surface area contributed by atoms with E-state index < -0.39 is 0 Å². The van der Waals surface area contributed by atoms with Crippen molar-refractivity contribution < 1.29 is 9.53 Å². The molecule has 1 atom stereocenters. The van der Waals surface area contributed by atoms with Gasteiger partial charge in [0.1, 0.15) is 5.75 Å². The zero-order valence-electron chi connectivity index (χ0n) is 10.4. The topological polar surface area (TPSA) is 38.3 Å². The standard InChI is InChI=1S/C13H18ClNO2/c1-4-9(8-15-2)13(16)10-5-6-12(17-3)11(14)7-10/h5-7,9,15H,4,8H2,1-3H3. The van der Waals surface area contributed by atoms with Gasteiger partial charge in [-0.2, -0.15) is 0 Å². The van der Waals surface area contributed by atoms with Crippen LogP contribution in [-0.4, -0.2) is 26.5 Å². The predicted octanol–water partition coefficient (Wildman–Crippen LogP) is 2.78. The molecule has 0 saturated carbocycles. The maximum atomic E-state index is 12.2. The molecule has 0 aliphatic rings. The van der Waals surface area contributed by atoms with Gasteiger partial charge in [0, 0.05) is 18.0 Å². The molecule has 0 aliphatic heterocycles. The number of halogens is 1. The Morgan fingerprint density at radius 3 is 2.71 bits per heavy atom. The van der Waals surface area contributed by atoms with Crippen molar-refractivity contribution >= 4 is 17.4 Å². The minimum absolute atomic E-state index is 0.00976. The number of carbonyl (C=O) groups is 1. The lowest BCUT2D eigenvalue weighted by molar-refractivity contribution is 0.0916. The molecule has 3 nitrogen and oxygen atoms in total. The number of nitrogens with one attached hydrogen (secondary N) is 1. The molecule has 1 aromatic rings. The summed E-state index contributed by atoms with van der Waals surface area (Å²) < 4.78 is 5.06. The minimum Gasteiger partial charge on any atom is -0.495 e. The van der Waals surface area contributed by atoms with Crippen LogP contribution in [0.4, 0.5) is 0 Å². The number of ether oxygens (including phenoxy) is 1. The van der Waals surface area contributed by atoms with Gasteiger partial charge in [0.15, 0.2) is 5.78 Å². The van der Waals surface area contributed by atoms with Crippen molar-refractivity contribution in [3.05, 3.63) is 28.8 Å². The second-order valence-electron chi connectivity index (χ2n) is 3.88. The van der Waals surface area contributed by atoms with Crippen molar-refractivity contribution in [2.24, 2.45) is 5.92 Å². The third-order valence-electron chi connectivity index (χ3n) is 2.75. The summed E-state index contributed by atoms with van der Waals surface area (Å²) in [6.07, 6.45) is 0.809. The Labute approximate surface area is 107 Å². The third kappa shape index (κ3) is 3.45. The average Bonchev–Trinajstić information content (AvgIpc) is 2.35. The Hall–Kier alpha value is -1.06. The van der Waals surface area contributed by atoms with Crippen LogP contribution < -0.4 is 10.1 Å². The van der Waals surface area contributed by atoms with Gasteiger partial charge in [0.2, 0.25) is 0 Å². The van der Waals surface area contributed by atoms with Crippen molar-refractivity contribution in [3.63, 3.8) is 0 Å². The second-order valence-corrected chi connectivity index (χ2v) is 4.28. The van der Waals surface area contributed by atoms with E-state index in [1.54, 1.807) is 25.3 Å². The zero-order valence-corrected chi connectivity index (χ0v) is 11.2. The van der Waals surface area contributed by atoms with Gasteiger partial charge in [-0.15, -0.1) is 0 Å². The smallest absolute Gasteiger partial charge is 0.167 e. The van der Waals surface area contributed by atoms with Gasteiger partial charge in [-0.25, -0.2) is 0 Å². The van der Waals surface area contributed by atoms with Crippen molar-refractivity contribution in [1.82, 2.24) is 5.32 Å². The first-order valence-corrected chi connectivity index (χ1v) is 6.04. The molecular weight excluding hydrogens is 238 g/mol. The van der Waals surface area contributed by atoms with Crippen LogP contribution in [-0.2, 0) is 0 Å². The normalized spacial score (nSPS) is 12.2. The number of benzene rings is 1. The fourth-order valence-electron chi connectivity index (χ4n) is 1.72. The summed E-state index contributed by atoms with van der Waals surface area (Å²) in [5.41, 5.74) is 0.637. The molecule has 0 spiro atoms.